The van der Waals surface area contributed by atoms with E-state index in [9.17, 15) is 9.59 Å². The molecule has 0 radical (unpaired) electrons. The largest absolute Gasteiger partial charge is 0.355 e. The number of aromatic amines is 1. The molecule has 1 heterocycles. The molecular weight excluding hydrogens is 316 g/mol. The van der Waals surface area contributed by atoms with E-state index >= 15 is 0 Å². The molecule has 0 saturated carbocycles. The Bertz CT molecular complexity index is 556. The number of carbonyl (C=O) groups excluding carboxylic acids is 2. The van der Waals surface area contributed by atoms with Gasteiger partial charge in [0, 0.05) is 36.8 Å². The van der Waals surface area contributed by atoms with Crippen molar-refractivity contribution in [1.82, 2.24) is 20.6 Å². The van der Waals surface area contributed by atoms with Gasteiger partial charge in [0.2, 0.25) is 11.8 Å². The molecular formula is C19H34N4O2. The molecule has 0 fully saturated rings. The van der Waals surface area contributed by atoms with Gasteiger partial charge in [0.15, 0.2) is 0 Å². The van der Waals surface area contributed by atoms with Crippen LogP contribution in [-0.2, 0) is 16.0 Å². The maximum atomic E-state index is 12.8. The van der Waals surface area contributed by atoms with Gasteiger partial charge in [-0.05, 0) is 32.1 Å². The van der Waals surface area contributed by atoms with Crippen molar-refractivity contribution >= 4 is 11.8 Å². The minimum atomic E-state index is -0.378. The Kier molecular flexibility index (Phi) is 7.20. The molecule has 0 spiro atoms. The van der Waals surface area contributed by atoms with Crippen molar-refractivity contribution in [3.8, 4) is 0 Å². The lowest BCUT2D eigenvalue weighted by atomic mass is 9.69. The third kappa shape index (κ3) is 6.88. The van der Waals surface area contributed by atoms with Gasteiger partial charge < -0.3 is 15.6 Å². The summed E-state index contributed by atoms with van der Waals surface area (Å²) >= 11 is 0. The fourth-order valence-corrected chi connectivity index (χ4v) is 2.62. The highest BCUT2D eigenvalue weighted by molar-refractivity contribution is 5.86. The molecule has 1 unspecified atom stereocenters. The predicted octanol–water partition coefficient (Wildman–Crippen LogP) is 2.67. The molecule has 1 aromatic heterocycles. The van der Waals surface area contributed by atoms with Crippen LogP contribution >= 0.6 is 0 Å². The first-order valence-electron chi connectivity index (χ1n) is 8.99. The van der Waals surface area contributed by atoms with Crippen molar-refractivity contribution in [2.75, 3.05) is 6.54 Å². The lowest BCUT2D eigenvalue weighted by molar-refractivity contribution is -0.135. The van der Waals surface area contributed by atoms with Crippen LogP contribution in [0.5, 0.6) is 0 Å². The second-order valence-corrected chi connectivity index (χ2v) is 8.65. The molecule has 0 aromatic carbocycles. The Labute approximate surface area is 151 Å². The number of nitrogens with one attached hydrogen (secondary N) is 3. The number of hydrogen-bond donors (Lipinski definition) is 3. The summed E-state index contributed by atoms with van der Waals surface area (Å²) in [5.74, 6) is -0.257. The molecule has 142 valence electrons. The number of H-pyrrole nitrogens is 1. The first kappa shape index (κ1) is 21.2. The normalized spacial score (nSPS) is 13.6. The van der Waals surface area contributed by atoms with Gasteiger partial charge >= 0.3 is 0 Å². The van der Waals surface area contributed by atoms with Crippen LogP contribution in [0.1, 0.15) is 60.6 Å². The molecule has 6 nitrogen and oxygen atoms in total. The highest BCUT2D eigenvalue weighted by Gasteiger charge is 2.39. The molecule has 1 aromatic rings. The lowest BCUT2D eigenvalue weighted by Crippen LogP contribution is -2.47. The van der Waals surface area contributed by atoms with Crippen molar-refractivity contribution in [3.05, 3.63) is 18.2 Å². The van der Waals surface area contributed by atoms with Crippen molar-refractivity contribution in [2.45, 2.75) is 66.8 Å². The molecule has 1 atom stereocenters. The van der Waals surface area contributed by atoms with E-state index in [1.807, 2.05) is 20.8 Å². The van der Waals surface area contributed by atoms with E-state index in [1.165, 1.54) is 0 Å². The maximum Gasteiger partial charge on any atom is 0.224 e. The third-order valence-corrected chi connectivity index (χ3v) is 4.85. The predicted molar refractivity (Wildman–Crippen MR) is 99.9 cm³/mol. The van der Waals surface area contributed by atoms with Gasteiger partial charge in [-0.25, -0.2) is 4.98 Å². The van der Waals surface area contributed by atoms with Crippen molar-refractivity contribution in [1.29, 1.82) is 0 Å². The number of imidazole rings is 1. The second-order valence-electron chi connectivity index (χ2n) is 8.65. The summed E-state index contributed by atoms with van der Waals surface area (Å²) in [6.07, 6.45) is 4.25. The summed E-state index contributed by atoms with van der Waals surface area (Å²) in [6.45, 7) is 14.6. The van der Waals surface area contributed by atoms with Gasteiger partial charge in [0.25, 0.3) is 0 Å². The SMILES string of the molecule is CC(C)C(C)(C)C(CC(=O)NC(C)(C)C)C(=O)NCCc1cnc[nH]1. The number of hydrogen-bond acceptors (Lipinski definition) is 3. The minimum Gasteiger partial charge on any atom is -0.355 e. The summed E-state index contributed by atoms with van der Waals surface area (Å²) in [4.78, 5) is 32.2. The zero-order valence-corrected chi connectivity index (χ0v) is 16.7. The summed E-state index contributed by atoms with van der Waals surface area (Å²) in [7, 11) is 0. The number of rotatable bonds is 8. The summed E-state index contributed by atoms with van der Waals surface area (Å²) in [5.41, 5.74) is 0.388. The second kappa shape index (κ2) is 8.50. The van der Waals surface area contributed by atoms with Crippen LogP contribution in [0.15, 0.2) is 12.5 Å². The van der Waals surface area contributed by atoms with Crippen molar-refractivity contribution < 1.29 is 9.59 Å². The van der Waals surface area contributed by atoms with E-state index in [-0.39, 0.29) is 41.0 Å². The number of carbonyl (C=O) groups is 2. The Hall–Kier alpha value is -1.85. The first-order chi connectivity index (χ1) is 11.4. The van der Waals surface area contributed by atoms with E-state index in [2.05, 4.69) is 48.3 Å². The molecule has 1 rings (SSSR count). The van der Waals surface area contributed by atoms with E-state index in [0.29, 0.717) is 13.0 Å². The number of aromatic nitrogens is 2. The van der Waals surface area contributed by atoms with Gasteiger partial charge in [-0.2, -0.15) is 0 Å². The third-order valence-electron chi connectivity index (χ3n) is 4.85. The van der Waals surface area contributed by atoms with Crippen LogP contribution in [0.2, 0.25) is 0 Å². The first-order valence-corrected chi connectivity index (χ1v) is 8.99. The van der Waals surface area contributed by atoms with Crippen molar-refractivity contribution in [2.24, 2.45) is 17.3 Å². The van der Waals surface area contributed by atoms with Crippen LogP contribution in [0.3, 0.4) is 0 Å². The monoisotopic (exact) mass is 350 g/mol. The summed E-state index contributed by atoms with van der Waals surface area (Å²) < 4.78 is 0. The summed E-state index contributed by atoms with van der Waals surface area (Å²) in [5, 5.41) is 5.95. The molecule has 0 bridgehead atoms. The maximum absolute atomic E-state index is 12.8. The quantitative estimate of drug-likeness (QED) is 0.673. The van der Waals surface area contributed by atoms with Crippen LogP contribution in [-0.4, -0.2) is 33.9 Å². The van der Waals surface area contributed by atoms with Gasteiger partial charge in [0.1, 0.15) is 0 Å². The van der Waals surface area contributed by atoms with Gasteiger partial charge in [-0.15, -0.1) is 0 Å². The standard InChI is InChI=1S/C19H34N4O2/c1-13(2)19(6,7)15(10-16(24)23-18(3,4)5)17(25)21-9-8-14-11-20-12-22-14/h11-13,15H,8-10H2,1-7H3,(H,20,22)(H,21,25)(H,23,24). The van der Waals surface area contributed by atoms with Crippen molar-refractivity contribution in [3.63, 3.8) is 0 Å². The van der Waals surface area contributed by atoms with E-state index in [1.54, 1.807) is 12.5 Å². The molecule has 0 aliphatic carbocycles. The fraction of sp³-hybridized carbons (Fsp3) is 0.737. The van der Waals surface area contributed by atoms with Crippen LogP contribution in [0.25, 0.3) is 0 Å². The fourth-order valence-electron chi connectivity index (χ4n) is 2.62. The minimum absolute atomic E-state index is 0.0673. The Morgan fingerprint density at radius 3 is 2.32 bits per heavy atom. The average Bonchev–Trinajstić information content (AvgIpc) is 2.95. The highest BCUT2D eigenvalue weighted by atomic mass is 16.2. The van der Waals surface area contributed by atoms with Gasteiger partial charge in [-0.1, -0.05) is 27.7 Å². The van der Waals surface area contributed by atoms with Crippen LogP contribution in [0.4, 0.5) is 0 Å². The molecule has 2 amide bonds. The van der Waals surface area contributed by atoms with Crippen LogP contribution in [0, 0.1) is 17.3 Å². The Morgan fingerprint density at radius 1 is 1.20 bits per heavy atom. The molecule has 0 aliphatic rings. The Balaban J connectivity index is 2.75. The highest BCUT2D eigenvalue weighted by Crippen LogP contribution is 2.37. The molecule has 3 N–H and O–H groups in total. The summed E-state index contributed by atoms with van der Waals surface area (Å²) in [6, 6.07) is 0. The molecule has 0 aliphatic heterocycles. The molecule has 25 heavy (non-hydrogen) atoms. The Morgan fingerprint density at radius 2 is 1.84 bits per heavy atom. The van der Waals surface area contributed by atoms with Gasteiger partial charge in [0.05, 0.1) is 12.2 Å². The molecule has 6 heteroatoms. The van der Waals surface area contributed by atoms with E-state index in [0.717, 1.165) is 5.69 Å². The smallest absolute Gasteiger partial charge is 0.224 e. The molecule has 0 saturated heterocycles. The van der Waals surface area contributed by atoms with Gasteiger partial charge in [-0.3, -0.25) is 9.59 Å². The zero-order chi connectivity index (χ0) is 19.3. The zero-order valence-electron chi connectivity index (χ0n) is 16.7. The number of amides is 2. The van der Waals surface area contributed by atoms with Crippen LogP contribution < -0.4 is 10.6 Å². The lowest BCUT2D eigenvalue weighted by Gasteiger charge is -2.37. The van der Waals surface area contributed by atoms with E-state index < -0.39 is 0 Å². The average molecular weight is 351 g/mol. The van der Waals surface area contributed by atoms with E-state index in [4.69, 9.17) is 0 Å². The number of nitrogens with zero attached hydrogens (tertiary/aromatic N) is 1. The topological polar surface area (TPSA) is 86.9 Å².